The van der Waals surface area contributed by atoms with Crippen LogP contribution < -0.4 is 14.9 Å². The fourth-order valence-electron chi connectivity index (χ4n) is 2.61. The van der Waals surface area contributed by atoms with Crippen LogP contribution in [-0.4, -0.2) is 24.3 Å². The van der Waals surface area contributed by atoms with E-state index < -0.39 is 5.91 Å². The lowest BCUT2D eigenvalue weighted by Gasteiger charge is -2.13. The van der Waals surface area contributed by atoms with E-state index in [9.17, 15) is 9.90 Å². The van der Waals surface area contributed by atoms with Crippen molar-refractivity contribution < 1.29 is 19.4 Å². The lowest BCUT2D eigenvalue weighted by molar-refractivity contribution is 0.0952. The Morgan fingerprint density at radius 3 is 2.61 bits per heavy atom. The molecule has 0 bridgehead atoms. The fourth-order valence-corrected chi connectivity index (χ4v) is 3.37. The van der Waals surface area contributed by atoms with Gasteiger partial charge in [0, 0.05) is 9.50 Å². The molecule has 9 heteroatoms. The summed E-state index contributed by atoms with van der Waals surface area (Å²) in [6, 6.07) is 15.1. The molecule has 2 N–H and O–H groups in total. The number of hydrazone groups is 1. The third-order valence-electron chi connectivity index (χ3n) is 4.13. The Kier molecular flexibility index (Phi) is 7.79. The summed E-state index contributed by atoms with van der Waals surface area (Å²) in [5, 5.41) is 14.7. The number of ether oxygens (including phenoxy) is 2. The van der Waals surface area contributed by atoms with Crippen LogP contribution in [-0.2, 0) is 6.61 Å². The van der Waals surface area contributed by atoms with E-state index in [-0.39, 0.29) is 17.9 Å². The van der Waals surface area contributed by atoms with Crippen molar-refractivity contribution in [3.63, 3.8) is 0 Å². The molecule has 0 saturated carbocycles. The Balaban J connectivity index is 1.70. The highest BCUT2D eigenvalue weighted by Crippen LogP contribution is 2.36. The Bertz CT molecular complexity index is 1120. The van der Waals surface area contributed by atoms with Crippen molar-refractivity contribution in [1.29, 1.82) is 0 Å². The molecule has 3 aromatic carbocycles. The van der Waals surface area contributed by atoms with Gasteiger partial charge in [-0.25, -0.2) is 5.43 Å². The molecule has 1 amide bonds. The number of nitrogens with one attached hydrogen (secondary N) is 1. The van der Waals surface area contributed by atoms with Gasteiger partial charge in [-0.05, 0) is 53.6 Å². The number of hydrogen-bond acceptors (Lipinski definition) is 5. The van der Waals surface area contributed by atoms with Gasteiger partial charge in [0.05, 0.1) is 23.9 Å². The van der Waals surface area contributed by atoms with Gasteiger partial charge in [-0.1, -0.05) is 51.3 Å². The molecule has 0 aliphatic rings. The van der Waals surface area contributed by atoms with Crippen LogP contribution in [0.5, 0.6) is 17.2 Å². The fraction of sp³-hybridized carbons (Fsp3) is 0.0909. The zero-order valence-electron chi connectivity index (χ0n) is 16.2. The summed E-state index contributed by atoms with van der Waals surface area (Å²) in [4.78, 5) is 12.2. The van der Waals surface area contributed by atoms with Gasteiger partial charge in [-0.15, -0.1) is 0 Å². The van der Waals surface area contributed by atoms with E-state index in [0.717, 1.165) is 5.56 Å². The molecular weight excluding hydrogens is 507 g/mol. The average molecular weight is 524 g/mol. The summed E-state index contributed by atoms with van der Waals surface area (Å²) in [5.74, 6) is 0.0945. The number of carbonyl (C=O) groups is 1. The molecule has 3 rings (SSSR count). The highest BCUT2D eigenvalue weighted by molar-refractivity contribution is 9.10. The van der Waals surface area contributed by atoms with E-state index in [1.165, 1.54) is 25.5 Å². The molecule has 160 valence electrons. The number of nitrogens with zero attached hydrogens (tertiary/aromatic N) is 1. The van der Waals surface area contributed by atoms with Gasteiger partial charge >= 0.3 is 0 Å². The molecule has 31 heavy (non-hydrogen) atoms. The number of phenolic OH excluding ortho intramolecular Hbond substituents is 1. The molecule has 0 aliphatic heterocycles. The Morgan fingerprint density at radius 1 is 1.16 bits per heavy atom. The Hall–Kier alpha value is -2.74. The molecule has 0 aliphatic carbocycles. The predicted octanol–water partition coefficient (Wildman–Crippen LogP) is 5.81. The van der Waals surface area contributed by atoms with Crippen LogP contribution in [0.15, 0.2) is 64.2 Å². The molecule has 6 nitrogen and oxygen atoms in total. The van der Waals surface area contributed by atoms with E-state index in [4.69, 9.17) is 32.7 Å². The van der Waals surface area contributed by atoms with Gasteiger partial charge in [0.2, 0.25) is 0 Å². The number of phenols is 1. The van der Waals surface area contributed by atoms with Crippen LogP contribution in [0, 0.1) is 0 Å². The second-order valence-electron chi connectivity index (χ2n) is 6.31. The van der Waals surface area contributed by atoms with Gasteiger partial charge in [0.15, 0.2) is 11.5 Å². The second-order valence-corrected chi connectivity index (χ2v) is 8.07. The number of benzene rings is 3. The van der Waals surface area contributed by atoms with E-state index in [0.29, 0.717) is 31.6 Å². The summed E-state index contributed by atoms with van der Waals surface area (Å²) in [6.45, 7) is 0.285. The first-order chi connectivity index (χ1) is 14.9. The number of methoxy groups -OCH3 is 1. The van der Waals surface area contributed by atoms with E-state index in [1.807, 2.05) is 12.1 Å². The maximum absolute atomic E-state index is 12.2. The minimum atomic E-state index is -0.559. The maximum atomic E-state index is 12.2. The lowest BCUT2D eigenvalue weighted by Crippen LogP contribution is -2.17. The van der Waals surface area contributed by atoms with E-state index in [2.05, 4.69) is 26.5 Å². The third kappa shape index (κ3) is 6.13. The highest BCUT2D eigenvalue weighted by atomic mass is 79.9. The molecule has 0 radical (unpaired) electrons. The summed E-state index contributed by atoms with van der Waals surface area (Å²) >= 11 is 15.5. The van der Waals surface area contributed by atoms with E-state index >= 15 is 0 Å². The monoisotopic (exact) mass is 522 g/mol. The molecule has 0 fully saturated rings. The van der Waals surface area contributed by atoms with Gasteiger partial charge in [-0.3, -0.25) is 4.79 Å². The van der Waals surface area contributed by atoms with Crippen molar-refractivity contribution in [2.75, 3.05) is 7.11 Å². The molecule has 3 aromatic rings. The number of aromatic hydroxyl groups is 1. The summed E-state index contributed by atoms with van der Waals surface area (Å²) in [7, 11) is 1.50. The molecular formula is C22H17BrCl2N2O4. The first-order valence-corrected chi connectivity index (χ1v) is 10.5. The molecule has 0 spiro atoms. The van der Waals surface area contributed by atoms with Gasteiger partial charge < -0.3 is 14.6 Å². The number of hydrogen-bond donors (Lipinski definition) is 2. The number of rotatable bonds is 7. The van der Waals surface area contributed by atoms with Gasteiger partial charge in [0.25, 0.3) is 5.91 Å². The zero-order valence-corrected chi connectivity index (χ0v) is 19.3. The van der Waals surface area contributed by atoms with Crippen LogP contribution in [0.4, 0.5) is 0 Å². The molecule has 0 aromatic heterocycles. The number of halogens is 3. The summed E-state index contributed by atoms with van der Waals surface area (Å²) < 4.78 is 11.9. The van der Waals surface area contributed by atoms with E-state index in [1.54, 1.807) is 30.3 Å². The van der Waals surface area contributed by atoms with Crippen LogP contribution in [0.25, 0.3) is 0 Å². The SMILES string of the molecule is COc1cc(/C=N/NC(=O)c2cc(Br)ccc2O)cc(Cl)c1OCc1ccc(Cl)cc1. The summed E-state index contributed by atoms with van der Waals surface area (Å²) in [5.41, 5.74) is 3.96. The van der Waals surface area contributed by atoms with Gasteiger partial charge in [-0.2, -0.15) is 5.10 Å². The van der Waals surface area contributed by atoms with Crippen molar-refractivity contribution in [3.8, 4) is 17.2 Å². The van der Waals surface area contributed by atoms with Crippen molar-refractivity contribution in [2.45, 2.75) is 6.61 Å². The standard InChI is InChI=1S/C22H17BrCl2N2O4/c1-30-20-9-14(11-26-27-22(29)17-10-15(23)4-7-19(17)28)8-18(25)21(20)31-12-13-2-5-16(24)6-3-13/h2-11,28H,12H2,1H3,(H,27,29)/b26-11+. The third-order valence-corrected chi connectivity index (χ3v) is 5.16. The van der Waals surface area contributed by atoms with Gasteiger partial charge in [0.1, 0.15) is 12.4 Å². The predicted molar refractivity (Wildman–Crippen MR) is 125 cm³/mol. The quantitative estimate of drug-likeness (QED) is 0.302. The van der Waals surface area contributed by atoms with Crippen LogP contribution >= 0.6 is 39.1 Å². The maximum Gasteiger partial charge on any atom is 0.275 e. The number of carbonyl (C=O) groups excluding carboxylic acids is 1. The number of amides is 1. The topological polar surface area (TPSA) is 80.2 Å². The van der Waals surface area contributed by atoms with Crippen molar-refractivity contribution in [1.82, 2.24) is 5.43 Å². The molecule has 0 saturated heterocycles. The smallest absolute Gasteiger partial charge is 0.275 e. The molecule has 0 unspecified atom stereocenters. The molecule has 0 atom stereocenters. The summed E-state index contributed by atoms with van der Waals surface area (Å²) in [6.07, 6.45) is 1.41. The van der Waals surface area contributed by atoms with Crippen molar-refractivity contribution >= 4 is 51.3 Å². The Morgan fingerprint density at radius 2 is 1.90 bits per heavy atom. The molecule has 0 heterocycles. The second kappa shape index (κ2) is 10.5. The first-order valence-electron chi connectivity index (χ1n) is 8.94. The first kappa shape index (κ1) is 22.9. The van der Waals surface area contributed by atoms with Crippen LogP contribution in [0.1, 0.15) is 21.5 Å². The largest absolute Gasteiger partial charge is 0.507 e. The van der Waals surface area contributed by atoms with Crippen LogP contribution in [0.2, 0.25) is 10.0 Å². The Labute approximate surface area is 197 Å². The minimum Gasteiger partial charge on any atom is -0.507 e. The normalized spacial score (nSPS) is 10.8. The highest BCUT2D eigenvalue weighted by Gasteiger charge is 2.13. The lowest BCUT2D eigenvalue weighted by atomic mass is 10.2. The average Bonchev–Trinajstić information content (AvgIpc) is 2.75. The zero-order chi connectivity index (χ0) is 22.4. The minimum absolute atomic E-state index is 0.0908. The van der Waals surface area contributed by atoms with Crippen LogP contribution in [0.3, 0.4) is 0 Å². The van der Waals surface area contributed by atoms with Crippen molar-refractivity contribution in [3.05, 3.63) is 85.8 Å². The van der Waals surface area contributed by atoms with Crippen molar-refractivity contribution in [2.24, 2.45) is 5.10 Å².